The summed E-state index contributed by atoms with van der Waals surface area (Å²) in [4.78, 5) is 51.1. The largest absolute Gasteiger partial charge is 0.513 e. The number of ether oxygens (including phenoxy) is 2. The first-order valence-electron chi connectivity index (χ1n) is 12.8. The monoisotopic (exact) mass is 529 g/mol. The van der Waals surface area contributed by atoms with Gasteiger partial charge in [-0.05, 0) is 61.4 Å². The molecule has 0 aliphatic carbocycles. The summed E-state index contributed by atoms with van der Waals surface area (Å²) >= 11 is 0. The first-order chi connectivity index (χ1) is 18.8. The Kier molecular flexibility index (Phi) is 8.94. The third-order valence-corrected chi connectivity index (χ3v) is 6.54. The molecule has 1 saturated heterocycles. The number of anilines is 1. The fourth-order valence-corrected chi connectivity index (χ4v) is 4.35. The van der Waals surface area contributed by atoms with E-state index in [2.05, 4.69) is 10.6 Å². The highest BCUT2D eigenvalue weighted by Crippen LogP contribution is 2.28. The van der Waals surface area contributed by atoms with Gasteiger partial charge in [0.15, 0.2) is 0 Å². The molecular formula is C30H31N3O6. The maximum absolute atomic E-state index is 12.8. The number of hydrogen-bond donors (Lipinski definition) is 2. The molecule has 0 radical (unpaired) electrons. The molecule has 39 heavy (non-hydrogen) atoms. The fourth-order valence-electron chi connectivity index (χ4n) is 4.35. The van der Waals surface area contributed by atoms with Crippen molar-refractivity contribution in [2.24, 2.45) is 5.92 Å². The third kappa shape index (κ3) is 7.22. The van der Waals surface area contributed by atoms with Crippen LogP contribution < -0.4 is 15.4 Å². The predicted octanol–water partition coefficient (Wildman–Crippen LogP) is 4.70. The smallest absolute Gasteiger partial charge is 0.434 e. The van der Waals surface area contributed by atoms with Gasteiger partial charge >= 0.3 is 6.16 Å². The molecule has 202 valence electrons. The summed E-state index contributed by atoms with van der Waals surface area (Å²) in [6.45, 7) is 4.57. The molecule has 3 aromatic carbocycles. The van der Waals surface area contributed by atoms with E-state index in [-0.39, 0.29) is 42.5 Å². The number of amides is 3. The molecule has 4 rings (SSSR count). The van der Waals surface area contributed by atoms with Crippen LogP contribution in [0.15, 0.2) is 78.9 Å². The van der Waals surface area contributed by atoms with E-state index in [4.69, 9.17) is 9.47 Å². The minimum atomic E-state index is -0.803. The average Bonchev–Trinajstić information content (AvgIpc) is 3.34. The van der Waals surface area contributed by atoms with Crippen molar-refractivity contribution in [3.8, 4) is 5.75 Å². The van der Waals surface area contributed by atoms with E-state index in [9.17, 15) is 19.2 Å². The molecule has 1 aliphatic heterocycles. The van der Waals surface area contributed by atoms with Crippen LogP contribution >= 0.6 is 0 Å². The lowest BCUT2D eigenvalue weighted by molar-refractivity contribution is -0.130. The van der Waals surface area contributed by atoms with Crippen molar-refractivity contribution in [1.29, 1.82) is 0 Å². The number of rotatable bonds is 9. The van der Waals surface area contributed by atoms with Crippen LogP contribution in [0.4, 0.5) is 10.5 Å². The van der Waals surface area contributed by atoms with E-state index in [0.717, 1.165) is 11.1 Å². The number of benzene rings is 3. The van der Waals surface area contributed by atoms with Crippen LogP contribution in [0.2, 0.25) is 0 Å². The molecule has 2 unspecified atom stereocenters. The Labute approximate surface area is 227 Å². The molecule has 0 saturated carbocycles. The standard InChI is InChI=1S/C30H31N3O6/c1-3-38-30(37)39-26-15-11-23(12-16-26)29(36)32-25-13-9-21(10-14-25)18-31-28(35)24-17-27(34)33(19-24)20(2)22-7-5-4-6-8-22/h4-16,20,24H,3,17-19H2,1-2H3,(H,31,35)(H,32,36). The molecule has 0 bridgehead atoms. The lowest BCUT2D eigenvalue weighted by Gasteiger charge is -2.25. The van der Waals surface area contributed by atoms with E-state index in [1.165, 1.54) is 12.1 Å². The van der Waals surface area contributed by atoms with Gasteiger partial charge in [0.2, 0.25) is 11.8 Å². The van der Waals surface area contributed by atoms with Gasteiger partial charge in [0.05, 0.1) is 18.6 Å². The van der Waals surface area contributed by atoms with Crippen LogP contribution in [-0.2, 0) is 20.9 Å². The maximum Gasteiger partial charge on any atom is 0.513 e. The van der Waals surface area contributed by atoms with Crippen LogP contribution in [0.3, 0.4) is 0 Å². The number of nitrogens with one attached hydrogen (secondary N) is 2. The molecule has 1 heterocycles. The molecule has 0 aromatic heterocycles. The molecule has 2 atom stereocenters. The highest BCUT2D eigenvalue weighted by atomic mass is 16.7. The Morgan fingerprint density at radius 1 is 0.974 bits per heavy atom. The summed E-state index contributed by atoms with van der Waals surface area (Å²) in [5.74, 6) is -0.612. The van der Waals surface area contributed by atoms with Crippen LogP contribution in [0.5, 0.6) is 5.75 Å². The highest BCUT2D eigenvalue weighted by Gasteiger charge is 2.36. The van der Waals surface area contributed by atoms with Gasteiger partial charge in [0.1, 0.15) is 5.75 Å². The van der Waals surface area contributed by atoms with Gasteiger partial charge in [-0.25, -0.2) is 4.79 Å². The van der Waals surface area contributed by atoms with E-state index in [0.29, 0.717) is 24.3 Å². The second-order valence-electron chi connectivity index (χ2n) is 9.21. The van der Waals surface area contributed by atoms with E-state index >= 15 is 0 Å². The molecular weight excluding hydrogens is 498 g/mol. The van der Waals surface area contributed by atoms with Gasteiger partial charge < -0.3 is 25.0 Å². The zero-order valence-electron chi connectivity index (χ0n) is 21.9. The fraction of sp³-hybridized carbons (Fsp3) is 0.267. The number of hydrogen-bond acceptors (Lipinski definition) is 6. The zero-order valence-corrected chi connectivity index (χ0v) is 21.9. The second kappa shape index (κ2) is 12.7. The summed E-state index contributed by atoms with van der Waals surface area (Å²) in [6, 6.07) is 22.9. The van der Waals surface area contributed by atoms with Crippen LogP contribution in [0.1, 0.15) is 47.8 Å². The van der Waals surface area contributed by atoms with Crippen molar-refractivity contribution in [2.75, 3.05) is 18.5 Å². The second-order valence-corrected chi connectivity index (χ2v) is 9.21. The number of carbonyl (C=O) groups excluding carboxylic acids is 4. The Balaban J connectivity index is 1.25. The third-order valence-electron chi connectivity index (χ3n) is 6.54. The van der Waals surface area contributed by atoms with Gasteiger partial charge in [-0.2, -0.15) is 0 Å². The SMILES string of the molecule is CCOC(=O)Oc1ccc(C(=O)Nc2ccc(CNC(=O)C3CC(=O)N(C(C)c4ccccc4)C3)cc2)cc1. The topological polar surface area (TPSA) is 114 Å². The van der Waals surface area contributed by atoms with Crippen LogP contribution in [-0.4, -0.2) is 41.9 Å². The molecule has 1 fully saturated rings. The van der Waals surface area contributed by atoms with Crippen molar-refractivity contribution < 1.29 is 28.7 Å². The Morgan fingerprint density at radius 3 is 2.33 bits per heavy atom. The Hall–Kier alpha value is -4.66. The van der Waals surface area contributed by atoms with Gasteiger partial charge in [-0.3, -0.25) is 14.4 Å². The minimum Gasteiger partial charge on any atom is -0.434 e. The first-order valence-corrected chi connectivity index (χ1v) is 12.8. The predicted molar refractivity (Wildman–Crippen MR) is 145 cm³/mol. The van der Waals surface area contributed by atoms with Crippen molar-refractivity contribution in [2.45, 2.75) is 32.9 Å². The van der Waals surface area contributed by atoms with Gasteiger partial charge in [-0.15, -0.1) is 0 Å². The summed E-state index contributed by atoms with van der Waals surface area (Å²) in [5.41, 5.74) is 2.89. The molecule has 9 heteroatoms. The molecule has 3 amide bonds. The maximum atomic E-state index is 12.8. The molecule has 9 nitrogen and oxygen atoms in total. The number of carbonyl (C=O) groups is 4. The van der Waals surface area contributed by atoms with Crippen LogP contribution in [0, 0.1) is 5.92 Å². The van der Waals surface area contributed by atoms with Gasteiger partial charge in [-0.1, -0.05) is 42.5 Å². The first kappa shape index (κ1) is 27.4. The molecule has 2 N–H and O–H groups in total. The summed E-state index contributed by atoms with van der Waals surface area (Å²) in [7, 11) is 0. The van der Waals surface area contributed by atoms with E-state index in [1.807, 2.05) is 49.4 Å². The summed E-state index contributed by atoms with van der Waals surface area (Å²) < 4.78 is 9.71. The summed E-state index contributed by atoms with van der Waals surface area (Å²) in [5, 5.41) is 5.73. The zero-order chi connectivity index (χ0) is 27.8. The van der Waals surface area contributed by atoms with E-state index < -0.39 is 12.1 Å². The highest BCUT2D eigenvalue weighted by molar-refractivity contribution is 6.04. The van der Waals surface area contributed by atoms with Crippen molar-refractivity contribution in [1.82, 2.24) is 10.2 Å². The van der Waals surface area contributed by atoms with Gasteiger partial charge in [0.25, 0.3) is 5.91 Å². The minimum absolute atomic E-state index is 0.0206. The number of likely N-dealkylation sites (tertiary alicyclic amines) is 1. The van der Waals surface area contributed by atoms with Gasteiger partial charge in [0, 0.05) is 30.8 Å². The number of nitrogens with zero attached hydrogens (tertiary/aromatic N) is 1. The van der Waals surface area contributed by atoms with E-state index in [1.54, 1.807) is 36.1 Å². The lowest BCUT2D eigenvalue weighted by atomic mass is 10.1. The molecule has 0 spiro atoms. The van der Waals surface area contributed by atoms with Crippen LogP contribution in [0.25, 0.3) is 0 Å². The Bertz CT molecular complexity index is 1310. The Morgan fingerprint density at radius 2 is 1.67 bits per heavy atom. The average molecular weight is 530 g/mol. The molecule has 3 aromatic rings. The molecule has 1 aliphatic rings. The van der Waals surface area contributed by atoms with Crippen molar-refractivity contribution in [3.05, 3.63) is 95.6 Å². The van der Waals surface area contributed by atoms with Crippen molar-refractivity contribution >= 4 is 29.6 Å². The normalized spacial score (nSPS) is 15.4. The quantitative estimate of drug-likeness (QED) is 0.307. The summed E-state index contributed by atoms with van der Waals surface area (Å²) in [6.07, 6.45) is -0.605. The lowest BCUT2D eigenvalue weighted by Crippen LogP contribution is -2.33. The van der Waals surface area contributed by atoms with Crippen molar-refractivity contribution in [3.63, 3.8) is 0 Å².